The first kappa shape index (κ1) is 27.4. The molecule has 190 valence electrons. The summed E-state index contributed by atoms with van der Waals surface area (Å²) >= 11 is 12.1. The van der Waals surface area contributed by atoms with Crippen LogP contribution in [0, 0.1) is 0 Å². The van der Waals surface area contributed by atoms with E-state index in [4.69, 9.17) is 37.4 Å². The van der Waals surface area contributed by atoms with E-state index < -0.39 is 0 Å². The van der Waals surface area contributed by atoms with Crippen molar-refractivity contribution in [2.45, 2.75) is 32.6 Å². The second-order valence-electron chi connectivity index (χ2n) is 7.97. The number of unbranched alkanes of at least 4 members (excludes halogenated alkanes) is 3. The van der Waals surface area contributed by atoms with Crippen LogP contribution in [-0.4, -0.2) is 31.9 Å². The molecule has 6 nitrogen and oxygen atoms in total. The Kier molecular flexibility index (Phi) is 11.4. The molecule has 0 aliphatic heterocycles. The van der Waals surface area contributed by atoms with E-state index in [1.165, 1.54) is 25.5 Å². The van der Waals surface area contributed by atoms with Gasteiger partial charge in [-0.3, -0.25) is 4.79 Å². The van der Waals surface area contributed by atoms with Crippen LogP contribution in [0.25, 0.3) is 0 Å². The lowest BCUT2D eigenvalue weighted by molar-refractivity contribution is 0.0955. The first-order chi connectivity index (χ1) is 17.5. The molecule has 36 heavy (non-hydrogen) atoms. The first-order valence-corrected chi connectivity index (χ1v) is 12.7. The number of nitrogens with zero attached hydrogens (tertiary/aromatic N) is 1. The van der Waals surface area contributed by atoms with Gasteiger partial charge in [0.25, 0.3) is 5.91 Å². The predicted molar refractivity (Wildman–Crippen MR) is 145 cm³/mol. The topological polar surface area (TPSA) is 69.2 Å². The van der Waals surface area contributed by atoms with Crippen molar-refractivity contribution in [1.29, 1.82) is 0 Å². The Bertz CT molecular complexity index is 1140. The van der Waals surface area contributed by atoms with Gasteiger partial charge in [0.05, 0.1) is 12.8 Å². The van der Waals surface area contributed by atoms with Crippen molar-refractivity contribution in [2.24, 2.45) is 5.10 Å². The predicted octanol–water partition coefficient (Wildman–Crippen LogP) is 7.17. The molecule has 3 aromatic rings. The SMILES string of the molecule is CCCCCCOc1ccc(OCCOc2ccc(Cl)cc2C=NNC(=O)c2cccc(Cl)c2)cc1. The molecular weight excluding hydrogens is 499 g/mol. The number of hydrazone groups is 1. The number of carbonyl (C=O) groups excluding carboxylic acids is 1. The Morgan fingerprint density at radius 1 is 0.833 bits per heavy atom. The van der Waals surface area contributed by atoms with Crippen LogP contribution in [0.5, 0.6) is 17.2 Å². The van der Waals surface area contributed by atoms with E-state index in [0.717, 1.165) is 24.5 Å². The van der Waals surface area contributed by atoms with Crippen molar-refractivity contribution < 1.29 is 19.0 Å². The van der Waals surface area contributed by atoms with Crippen LogP contribution in [0.2, 0.25) is 10.0 Å². The third-order valence-electron chi connectivity index (χ3n) is 5.13. The summed E-state index contributed by atoms with van der Waals surface area (Å²) < 4.78 is 17.4. The van der Waals surface area contributed by atoms with Crippen LogP contribution in [-0.2, 0) is 0 Å². The normalized spacial score (nSPS) is 10.9. The summed E-state index contributed by atoms with van der Waals surface area (Å²) in [4.78, 5) is 12.2. The minimum Gasteiger partial charge on any atom is -0.494 e. The van der Waals surface area contributed by atoms with Gasteiger partial charge < -0.3 is 14.2 Å². The Morgan fingerprint density at radius 3 is 2.25 bits per heavy atom. The van der Waals surface area contributed by atoms with E-state index in [1.807, 2.05) is 24.3 Å². The van der Waals surface area contributed by atoms with Crippen molar-refractivity contribution in [3.63, 3.8) is 0 Å². The molecule has 3 rings (SSSR count). The van der Waals surface area contributed by atoms with Crippen molar-refractivity contribution >= 4 is 35.3 Å². The van der Waals surface area contributed by atoms with Crippen LogP contribution in [0.4, 0.5) is 0 Å². The van der Waals surface area contributed by atoms with Gasteiger partial charge in [-0.15, -0.1) is 0 Å². The Morgan fingerprint density at radius 2 is 1.53 bits per heavy atom. The number of amides is 1. The molecule has 0 atom stereocenters. The van der Waals surface area contributed by atoms with Gasteiger partial charge in [-0.25, -0.2) is 5.43 Å². The van der Waals surface area contributed by atoms with Gasteiger partial charge in [0.15, 0.2) is 0 Å². The fourth-order valence-corrected chi connectivity index (χ4v) is 3.64. The molecule has 8 heteroatoms. The molecule has 1 N–H and O–H groups in total. The van der Waals surface area contributed by atoms with Crippen molar-refractivity contribution in [2.75, 3.05) is 19.8 Å². The minimum absolute atomic E-state index is 0.313. The van der Waals surface area contributed by atoms with Gasteiger partial charge in [-0.1, -0.05) is 55.5 Å². The van der Waals surface area contributed by atoms with Crippen LogP contribution < -0.4 is 19.6 Å². The molecule has 0 bridgehead atoms. The summed E-state index contributed by atoms with van der Waals surface area (Å²) in [5.41, 5.74) is 3.50. The highest BCUT2D eigenvalue weighted by atomic mass is 35.5. The van der Waals surface area contributed by atoms with Crippen LogP contribution in [0.3, 0.4) is 0 Å². The molecule has 0 fully saturated rings. The molecule has 0 aliphatic carbocycles. The maximum absolute atomic E-state index is 12.2. The minimum atomic E-state index is -0.375. The van der Waals surface area contributed by atoms with Gasteiger partial charge >= 0.3 is 0 Å². The fraction of sp³-hybridized carbons (Fsp3) is 0.286. The van der Waals surface area contributed by atoms with Gasteiger partial charge in [-0.2, -0.15) is 5.10 Å². The molecule has 0 unspecified atom stereocenters. The molecule has 0 saturated carbocycles. The van der Waals surface area contributed by atoms with E-state index in [1.54, 1.807) is 42.5 Å². The molecule has 0 saturated heterocycles. The molecule has 0 heterocycles. The van der Waals surface area contributed by atoms with Crippen LogP contribution in [0.1, 0.15) is 48.5 Å². The molecule has 3 aromatic carbocycles. The number of benzene rings is 3. The summed E-state index contributed by atoms with van der Waals surface area (Å²) in [6, 6.07) is 19.3. The average molecular weight is 529 g/mol. The summed E-state index contributed by atoms with van der Waals surface area (Å²) in [5, 5.41) is 5.02. The zero-order valence-electron chi connectivity index (χ0n) is 20.2. The van der Waals surface area contributed by atoms with Gasteiger partial charge in [0.1, 0.15) is 30.5 Å². The Balaban J connectivity index is 1.45. The van der Waals surface area contributed by atoms with Crippen molar-refractivity contribution in [3.8, 4) is 17.2 Å². The lowest BCUT2D eigenvalue weighted by Gasteiger charge is -2.11. The van der Waals surface area contributed by atoms with Crippen LogP contribution >= 0.6 is 23.2 Å². The lowest BCUT2D eigenvalue weighted by atomic mass is 10.2. The van der Waals surface area contributed by atoms with E-state index in [0.29, 0.717) is 40.1 Å². The quantitative estimate of drug-likeness (QED) is 0.137. The number of hydrogen-bond acceptors (Lipinski definition) is 5. The molecular formula is C28H30Cl2N2O4. The second kappa shape index (κ2) is 15.0. The van der Waals surface area contributed by atoms with Crippen molar-refractivity contribution in [3.05, 3.63) is 87.9 Å². The zero-order valence-corrected chi connectivity index (χ0v) is 21.7. The third-order valence-corrected chi connectivity index (χ3v) is 5.60. The average Bonchev–Trinajstić information content (AvgIpc) is 2.88. The monoisotopic (exact) mass is 528 g/mol. The summed E-state index contributed by atoms with van der Waals surface area (Å²) in [5.74, 6) is 1.76. The molecule has 0 spiro atoms. The molecule has 0 aliphatic rings. The lowest BCUT2D eigenvalue weighted by Crippen LogP contribution is -2.17. The largest absolute Gasteiger partial charge is 0.494 e. The maximum Gasteiger partial charge on any atom is 0.271 e. The number of rotatable bonds is 14. The van der Waals surface area contributed by atoms with Crippen LogP contribution in [0.15, 0.2) is 71.8 Å². The Labute approximate surface area is 222 Å². The maximum atomic E-state index is 12.2. The van der Waals surface area contributed by atoms with Crippen molar-refractivity contribution in [1.82, 2.24) is 5.43 Å². The smallest absolute Gasteiger partial charge is 0.271 e. The van der Waals surface area contributed by atoms with Gasteiger partial charge in [0.2, 0.25) is 0 Å². The third kappa shape index (κ3) is 9.44. The molecule has 1 amide bonds. The molecule has 0 radical (unpaired) electrons. The highest BCUT2D eigenvalue weighted by molar-refractivity contribution is 6.31. The summed E-state index contributed by atoms with van der Waals surface area (Å²) in [7, 11) is 0. The summed E-state index contributed by atoms with van der Waals surface area (Å²) in [6.07, 6.45) is 6.19. The number of carbonyl (C=O) groups is 1. The van der Waals surface area contributed by atoms with Gasteiger partial charge in [-0.05, 0) is 67.1 Å². The second-order valence-corrected chi connectivity index (χ2v) is 8.84. The Hall–Kier alpha value is -3.22. The standard InChI is InChI=1S/C28H30Cl2N2O4/c1-2-3-4-5-15-34-25-10-12-26(13-11-25)35-16-17-36-27-14-9-24(30)19-22(27)20-31-32-28(33)21-7-6-8-23(29)18-21/h6-14,18-20H,2-5,15-17H2,1H3,(H,32,33). The number of nitrogens with one attached hydrogen (secondary N) is 1. The highest BCUT2D eigenvalue weighted by Crippen LogP contribution is 2.22. The first-order valence-electron chi connectivity index (χ1n) is 11.9. The highest BCUT2D eigenvalue weighted by Gasteiger charge is 2.06. The summed E-state index contributed by atoms with van der Waals surface area (Å²) in [6.45, 7) is 3.58. The number of halogens is 2. The van der Waals surface area contributed by atoms with Gasteiger partial charge in [0, 0.05) is 21.2 Å². The number of ether oxygens (including phenoxy) is 3. The zero-order chi connectivity index (χ0) is 25.6. The fourth-order valence-electron chi connectivity index (χ4n) is 3.27. The van der Waals surface area contributed by atoms with E-state index in [9.17, 15) is 4.79 Å². The van der Waals surface area contributed by atoms with E-state index in [2.05, 4.69) is 17.5 Å². The van der Waals surface area contributed by atoms with E-state index >= 15 is 0 Å². The van der Waals surface area contributed by atoms with E-state index in [-0.39, 0.29) is 5.91 Å². The molecule has 0 aromatic heterocycles. The number of hydrogen-bond donors (Lipinski definition) is 1.